The molecule has 1 amide bonds. The number of amides is 1. The summed E-state index contributed by atoms with van der Waals surface area (Å²) in [5.41, 5.74) is -0.106. The van der Waals surface area contributed by atoms with Crippen LogP contribution in [0.5, 0.6) is 0 Å². The number of carboxylic acids is 1. The van der Waals surface area contributed by atoms with Crippen LogP contribution < -0.4 is 0 Å². The van der Waals surface area contributed by atoms with Gasteiger partial charge in [-0.3, -0.25) is 4.79 Å². The molecule has 1 saturated heterocycles. The number of carboxylic acid groups (broad SMARTS) is 1. The van der Waals surface area contributed by atoms with Crippen molar-refractivity contribution in [2.75, 3.05) is 13.2 Å². The standard InChI is InChI=1S/C14H17NO4S/c1-14(5-2-7-19-14)13(18)15-6-3-10-9(4-8-20-10)11(15)12(16)17/h4,8,11H,2-3,5-7H2,1H3,(H,16,17). The fourth-order valence-corrected chi connectivity index (χ4v) is 3.96. The number of ether oxygens (including phenoxy) is 1. The van der Waals surface area contributed by atoms with Crippen molar-refractivity contribution in [2.24, 2.45) is 0 Å². The monoisotopic (exact) mass is 295 g/mol. The van der Waals surface area contributed by atoms with Crippen LogP contribution in [0.15, 0.2) is 11.4 Å². The number of carbonyl (C=O) groups is 2. The Labute approximate surface area is 121 Å². The van der Waals surface area contributed by atoms with Gasteiger partial charge in [0.1, 0.15) is 5.60 Å². The van der Waals surface area contributed by atoms with Gasteiger partial charge in [-0.15, -0.1) is 11.3 Å². The van der Waals surface area contributed by atoms with E-state index in [9.17, 15) is 14.7 Å². The number of thiophene rings is 1. The lowest BCUT2D eigenvalue weighted by Gasteiger charge is -2.37. The number of fused-ring (bicyclic) bond motifs is 1. The maximum Gasteiger partial charge on any atom is 0.331 e. The summed E-state index contributed by atoms with van der Waals surface area (Å²) in [7, 11) is 0. The minimum Gasteiger partial charge on any atom is -0.479 e. The molecule has 1 aromatic rings. The van der Waals surface area contributed by atoms with Crippen LogP contribution in [0.1, 0.15) is 36.2 Å². The van der Waals surface area contributed by atoms with E-state index in [2.05, 4.69) is 0 Å². The van der Waals surface area contributed by atoms with E-state index in [0.717, 1.165) is 23.3 Å². The van der Waals surface area contributed by atoms with E-state index in [1.54, 1.807) is 18.3 Å². The van der Waals surface area contributed by atoms with Crippen molar-refractivity contribution in [1.29, 1.82) is 0 Å². The topological polar surface area (TPSA) is 66.8 Å². The number of rotatable bonds is 2. The molecule has 3 heterocycles. The molecule has 0 aliphatic carbocycles. The van der Waals surface area contributed by atoms with E-state index in [0.29, 0.717) is 19.6 Å². The Kier molecular flexibility index (Phi) is 3.30. The molecule has 1 aromatic heterocycles. The number of aliphatic carboxylic acids is 1. The second-order valence-electron chi connectivity index (χ2n) is 5.47. The molecule has 0 bridgehead atoms. The van der Waals surface area contributed by atoms with Gasteiger partial charge in [0.15, 0.2) is 6.04 Å². The molecule has 5 nitrogen and oxygen atoms in total. The van der Waals surface area contributed by atoms with Crippen LogP contribution >= 0.6 is 11.3 Å². The molecule has 0 spiro atoms. The summed E-state index contributed by atoms with van der Waals surface area (Å²) >= 11 is 1.56. The van der Waals surface area contributed by atoms with Crippen molar-refractivity contribution >= 4 is 23.2 Å². The number of carbonyl (C=O) groups excluding carboxylic acids is 1. The molecule has 1 N–H and O–H groups in total. The van der Waals surface area contributed by atoms with Gasteiger partial charge < -0.3 is 14.7 Å². The molecular weight excluding hydrogens is 278 g/mol. The fourth-order valence-electron chi connectivity index (χ4n) is 3.05. The van der Waals surface area contributed by atoms with E-state index >= 15 is 0 Å². The Balaban J connectivity index is 1.93. The summed E-state index contributed by atoms with van der Waals surface area (Å²) in [6.45, 7) is 2.78. The lowest BCUT2D eigenvalue weighted by atomic mass is 9.95. The second kappa shape index (κ2) is 4.86. The summed E-state index contributed by atoms with van der Waals surface area (Å²) < 4.78 is 5.57. The smallest absolute Gasteiger partial charge is 0.331 e. The lowest BCUT2D eigenvalue weighted by Crippen LogP contribution is -2.52. The Bertz CT molecular complexity index is 547. The highest BCUT2D eigenvalue weighted by atomic mass is 32.1. The van der Waals surface area contributed by atoms with Gasteiger partial charge in [0, 0.05) is 18.0 Å². The molecule has 2 aliphatic heterocycles. The van der Waals surface area contributed by atoms with Gasteiger partial charge in [-0.1, -0.05) is 0 Å². The van der Waals surface area contributed by atoms with Crippen molar-refractivity contribution < 1.29 is 19.4 Å². The van der Waals surface area contributed by atoms with Crippen molar-refractivity contribution in [2.45, 2.75) is 37.8 Å². The van der Waals surface area contributed by atoms with E-state index in [1.165, 1.54) is 4.90 Å². The first-order valence-corrected chi connectivity index (χ1v) is 7.65. The van der Waals surface area contributed by atoms with Gasteiger partial charge in [-0.25, -0.2) is 4.79 Å². The summed E-state index contributed by atoms with van der Waals surface area (Å²) in [6, 6.07) is 0.939. The SMILES string of the molecule is CC1(C(=O)N2CCc3sccc3C2C(=O)O)CCCO1. The largest absolute Gasteiger partial charge is 0.479 e. The third kappa shape index (κ3) is 2.03. The van der Waals surface area contributed by atoms with Crippen LogP contribution in [0.2, 0.25) is 0 Å². The summed E-state index contributed by atoms with van der Waals surface area (Å²) in [6.07, 6.45) is 2.22. The minimum absolute atomic E-state index is 0.195. The molecule has 108 valence electrons. The Morgan fingerprint density at radius 2 is 2.35 bits per heavy atom. The zero-order valence-electron chi connectivity index (χ0n) is 11.3. The molecule has 0 radical (unpaired) electrons. The zero-order valence-corrected chi connectivity index (χ0v) is 12.1. The highest BCUT2D eigenvalue weighted by molar-refractivity contribution is 7.10. The average Bonchev–Trinajstić information content (AvgIpc) is 3.05. The van der Waals surface area contributed by atoms with Crippen molar-refractivity contribution in [3.05, 3.63) is 21.9 Å². The van der Waals surface area contributed by atoms with Gasteiger partial charge >= 0.3 is 5.97 Å². The maximum atomic E-state index is 12.7. The third-order valence-corrected chi connectivity index (χ3v) is 5.13. The van der Waals surface area contributed by atoms with Crippen LogP contribution in [0.4, 0.5) is 0 Å². The summed E-state index contributed by atoms with van der Waals surface area (Å²) in [4.78, 5) is 26.9. The van der Waals surface area contributed by atoms with Crippen LogP contribution in [0.25, 0.3) is 0 Å². The third-order valence-electron chi connectivity index (χ3n) is 4.13. The second-order valence-corrected chi connectivity index (χ2v) is 6.47. The Morgan fingerprint density at radius 3 is 3.00 bits per heavy atom. The molecule has 20 heavy (non-hydrogen) atoms. The molecule has 3 rings (SSSR count). The molecule has 2 atom stereocenters. The predicted octanol–water partition coefficient (Wildman–Crippen LogP) is 1.83. The van der Waals surface area contributed by atoms with Crippen molar-refractivity contribution in [3.8, 4) is 0 Å². The average molecular weight is 295 g/mol. The van der Waals surface area contributed by atoms with Gasteiger partial charge in [0.05, 0.1) is 0 Å². The summed E-state index contributed by atoms with van der Waals surface area (Å²) in [5, 5.41) is 11.4. The van der Waals surface area contributed by atoms with Crippen molar-refractivity contribution in [3.63, 3.8) is 0 Å². The fraction of sp³-hybridized carbons (Fsp3) is 0.571. The normalized spacial score (nSPS) is 29.2. The van der Waals surface area contributed by atoms with Crippen LogP contribution in [-0.2, 0) is 20.7 Å². The first-order valence-electron chi connectivity index (χ1n) is 6.77. The molecule has 0 saturated carbocycles. The molecular formula is C14H17NO4S. The van der Waals surface area contributed by atoms with Gasteiger partial charge in [-0.2, -0.15) is 0 Å². The van der Waals surface area contributed by atoms with Gasteiger partial charge in [0.25, 0.3) is 5.91 Å². The molecule has 0 aromatic carbocycles. The molecule has 2 unspecified atom stereocenters. The van der Waals surface area contributed by atoms with E-state index < -0.39 is 17.6 Å². The van der Waals surface area contributed by atoms with Gasteiger partial charge in [-0.05, 0) is 43.2 Å². The minimum atomic E-state index is -0.973. The van der Waals surface area contributed by atoms with E-state index in [-0.39, 0.29) is 5.91 Å². The molecule has 6 heteroatoms. The highest BCUT2D eigenvalue weighted by Gasteiger charge is 2.46. The zero-order chi connectivity index (χ0) is 14.3. The highest BCUT2D eigenvalue weighted by Crippen LogP contribution is 2.37. The van der Waals surface area contributed by atoms with Gasteiger partial charge in [0.2, 0.25) is 0 Å². The maximum absolute atomic E-state index is 12.7. The number of hydrogen-bond donors (Lipinski definition) is 1. The quantitative estimate of drug-likeness (QED) is 0.904. The van der Waals surface area contributed by atoms with Crippen LogP contribution in [0.3, 0.4) is 0 Å². The number of nitrogens with zero attached hydrogens (tertiary/aromatic N) is 1. The first-order chi connectivity index (χ1) is 9.53. The van der Waals surface area contributed by atoms with E-state index in [4.69, 9.17) is 4.74 Å². The predicted molar refractivity (Wildman–Crippen MR) is 73.7 cm³/mol. The van der Waals surface area contributed by atoms with Crippen molar-refractivity contribution in [1.82, 2.24) is 4.90 Å². The Hall–Kier alpha value is -1.40. The van der Waals surface area contributed by atoms with E-state index in [1.807, 2.05) is 11.4 Å². The first kappa shape index (κ1) is 13.6. The van der Waals surface area contributed by atoms with Crippen LogP contribution in [-0.4, -0.2) is 40.6 Å². The molecule has 2 aliphatic rings. The molecule has 1 fully saturated rings. The lowest BCUT2D eigenvalue weighted by molar-refractivity contribution is -0.161. The summed E-state index contributed by atoms with van der Waals surface area (Å²) in [5.74, 6) is -1.17. The number of hydrogen-bond acceptors (Lipinski definition) is 4. The van der Waals surface area contributed by atoms with Crippen LogP contribution in [0, 0.1) is 0 Å². The Morgan fingerprint density at radius 1 is 1.55 bits per heavy atom.